The van der Waals surface area contributed by atoms with Crippen molar-refractivity contribution in [1.29, 1.82) is 0 Å². The molecule has 36 heteroatoms. The summed E-state index contributed by atoms with van der Waals surface area (Å²) in [6.07, 6.45) is -8.76. The summed E-state index contributed by atoms with van der Waals surface area (Å²) in [5, 5.41) is 15.6. The minimum atomic E-state index is -3.16. The zero-order valence-corrected chi connectivity index (χ0v) is 70.0. The van der Waals surface area contributed by atoms with Crippen LogP contribution in [0, 0.1) is 41.4 Å². The number of primary amides is 1. The molecular weight excluding hydrogens is 1520 g/mol. The Morgan fingerprint density at radius 3 is 1.96 bits per heavy atom. The molecule has 2 aliphatic heterocycles. The van der Waals surface area contributed by atoms with Gasteiger partial charge in [-0.05, 0) is 80.5 Å². The maximum atomic E-state index is 15.7. The van der Waals surface area contributed by atoms with Crippen LogP contribution < -0.4 is 37.6 Å². The van der Waals surface area contributed by atoms with Crippen molar-refractivity contribution in [2.75, 3.05) is 59.9 Å². The van der Waals surface area contributed by atoms with Gasteiger partial charge in [-0.25, -0.2) is 14.4 Å². The molecule has 2 fully saturated rings. The molecule has 2 aromatic carbocycles. The molecule has 0 spiro atoms. The zero-order valence-electron chi connectivity index (χ0n) is 69.1. The molecule has 2 aromatic rings. The number of cyclic esters (lactones) is 2. The van der Waals surface area contributed by atoms with Crippen LogP contribution >= 0.6 is 8.25 Å². The van der Waals surface area contributed by atoms with Gasteiger partial charge in [0.1, 0.15) is 54.5 Å². The maximum absolute atomic E-state index is 15.7. The molecule has 0 bridgehead atoms. The van der Waals surface area contributed by atoms with E-state index >= 15 is 14.4 Å². The molecule has 636 valence electrons. The molecule has 15 atom stereocenters. The summed E-state index contributed by atoms with van der Waals surface area (Å²) >= 11 is 0. The van der Waals surface area contributed by atoms with Gasteiger partial charge in [0.25, 0.3) is 11.8 Å². The number of hydrogen-bond acceptors (Lipinski definition) is 24. The molecule has 12 amide bonds. The predicted octanol–water partition coefficient (Wildman–Crippen LogP) is 4.27. The number of nitrogens with one attached hydrogen (secondary N) is 6. The van der Waals surface area contributed by atoms with E-state index in [0.29, 0.717) is 11.1 Å². The first kappa shape index (κ1) is 97.4. The average Bonchev–Trinajstić information content (AvgIpc) is 1.42. The summed E-state index contributed by atoms with van der Waals surface area (Å²) in [5.74, 6) is -18.1. The number of urea groups is 1. The Morgan fingerprint density at radius 1 is 0.757 bits per heavy atom. The lowest BCUT2D eigenvalue weighted by Gasteiger charge is -2.39. The molecule has 115 heavy (non-hydrogen) atoms. The van der Waals surface area contributed by atoms with Crippen LogP contribution in [0.15, 0.2) is 66.9 Å². The molecule has 0 radical (unpaired) electrons. The number of Topliss-reactive ketones (excluding diaryl/α,β-unsaturated/α-hetero) is 2. The highest BCUT2D eigenvalue weighted by atomic mass is 31.1. The second-order valence-corrected chi connectivity index (χ2v) is 31.1. The third kappa shape index (κ3) is 29.4. The molecule has 0 aliphatic carbocycles. The van der Waals surface area contributed by atoms with Gasteiger partial charge in [-0.15, -0.1) is 9.05 Å². The van der Waals surface area contributed by atoms with Crippen molar-refractivity contribution < 1.29 is 114 Å². The fourth-order valence-corrected chi connectivity index (χ4v) is 13.6. The molecular formula is C79H117N11O24P+. The Hall–Kier alpha value is -9.96. The number of amides is 12. The van der Waals surface area contributed by atoms with Gasteiger partial charge in [0.2, 0.25) is 47.3 Å². The smallest absolute Gasteiger partial charge is 0.459 e. The van der Waals surface area contributed by atoms with Crippen LogP contribution in [0.2, 0.25) is 0 Å². The predicted molar refractivity (Wildman–Crippen MR) is 417 cm³/mol. The molecule has 2 saturated heterocycles. The molecule has 2 unspecified atom stereocenters. The highest BCUT2D eigenvalue weighted by Crippen LogP contribution is 2.36. The lowest BCUT2D eigenvalue weighted by atomic mass is 9.88. The van der Waals surface area contributed by atoms with E-state index in [0.717, 1.165) is 33.6 Å². The first-order chi connectivity index (χ1) is 54.0. The van der Waals surface area contributed by atoms with E-state index in [4.69, 9.17) is 38.5 Å². The summed E-state index contributed by atoms with van der Waals surface area (Å²) in [6.45, 7) is 24.5. The van der Waals surface area contributed by atoms with Gasteiger partial charge in [0, 0.05) is 102 Å². The highest BCUT2D eigenvalue weighted by Gasteiger charge is 2.49. The molecule has 4 rings (SSSR count). The van der Waals surface area contributed by atoms with Crippen LogP contribution in [0.5, 0.6) is 0 Å². The highest BCUT2D eigenvalue weighted by molar-refractivity contribution is 7.33. The van der Waals surface area contributed by atoms with Gasteiger partial charge >= 0.3 is 32.2 Å². The fraction of sp³-hybridized carbons (Fsp3) is 0.620. The molecule has 2 heterocycles. The summed E-state index contributed by atoms with van der Waals surface area (Å²) < 4.78 is 55.3. The third-order valence-corrected chi connectivity index (χ3v) is 20.6. The monoisotopic (exact) mass is 1630 g/mol. The number of ketones is 2. The van der Waals surface area contributed by atoms with Crippen molar-refractivity contribution in [2.24, 2.45) is 47.2 Å². The number of anilines is 1. The maximum Gasteiger partial charge on any atom is 0.698 e. The second kappa shape index (κ2) is 46.6. The Bertz CT molecular complexity index is 3800. The van der Waals surface area contributed by atoms with E-state index in [1.54, 1.807) is 78.8 Å². The summed E-state index contributed by atoms with van der Waals surface area (Å²) in [7, 11) is 1.60. The van der Waals surface area contributed by atoms with Crippen molar-refractivity contribution in [3.63, 3.8) is 0 Å². The SMILES string of the molecule is C=C1C(=O)N[C@@H](C)C(=O)N(C)[C@@H](C)C(=O)N[C@@H]([C@H](OC(=O)[C@@H](CC(=O)CC)[C@H](O[P+](=O)OCc2ccc(NC(=O)[C@H](CCCNC(N)=O)CC(=O)[C@@H](NC(=O)CCOCCN3C(=O)CC(C)C3=O)C(C)C)cc2)C(C)C)C(C)C)C(=O)N(C)[C@@H]([C@@H](C)OC)C(=O)O[C@H](C(C)C)[C@H](NC(C)=O)C(=O)O[C@H](Cc2ccccc2)C(=O)N1C. The van der Waals surface area contributed by atoms with E-state index in [9.17, 15) is 66.9 Å². The number of rotatable bonds is 37. The number of benzene rings is 2. The topological polar surface area (TPSA) is 466 Å². The summed E-state index contributed by atoms with van der Waals surface area (Å²) in [6, 6.07) is 3.99. The first-order valence-corrected chi connectivity index (χ1v) is 39.6. The van der Waals surface area contributed by atoms with Gasteiger partial charge in [0.15, 0.2) is 24.0 Å². The molecule has 0 saturated carbocycles. The molecule has 8 N–H and O–H groups in total. The van der Waals surface area contributed by atoms with Gasteiger partial charge in [-0.3, -0.25) is 67.2 Å². The average molecular weight is 1640 g/mol. The minimum Gasteiger partial charge on any atom is -0.459 e. The summed E-state index contributed by atoms with van der Waals surface area (Å²) in [4.78, 5) is 225. The van der Waals surface area contributed by atoms with Crippen LogP contribution in [-0.4, -0.2) is 236 Å². The molecule has 0 aromatic heterocycles. The van der Waals surface area contributed by atoms with E-state index < -0.39 is 211 Å². The number of esters is 3. The Morgan fingerprint density at radius 2 is 1.40 bits per heavy atom. The van der Waals surface area contributed by atoms with Crippen molar-refractivity contribution in [3.05, 3.63) is 78.0 Å². The van der Waals surface area contributed by atoms with Gasteiger partial charge in [-0.2, -0.15) is 0 Å². The standard InChI is InChI=1S/C79H116N11O24P/c1-20-56(92)40-57(66(43(4)5)114-115(107)110-41-53-28-30-55(31-29-53)84-71(98)54(27-24-33-81-79(80)106)39-58(93)62(42(2)3)85-60(94)32-35-109-36-34-90-61(95)37-46(10)72(90)99)76(103)112-67(44(6)7)63-75(102)89(18)65(50(14)108-19)78(105)113-68(45(8)9)64(83-51(15)91)77(104)111-59(38-52-25-22-21-23-26-52)74(101)88(17)48(12)69(96)82-47(11)73(100)87(16)49(13)70(97)86-63/h21-23,25-26,28-31,42-47,49-50,54,57,59,62-68H,12,20,24,27,32-41H2,1-11,13-19H3,(H7-,80,81,82,83,84,85,86,91,94,96,97,98,106)/p+1/t46?,47-,49-,50+,54+,57-,59+,62-,63-,64-,65-,66+,67+,68+/m0/s1. The van der Waals surface area contributed by atoms with Crippen molar-refractivity contribution >= 4 is 109 Å². The number of likely N-dealkylation sites (tertiary alicyclic amines) is 1. The van der Waals surface area contributed by atoms with Crippen LogP contribution in [0.1, 0.15) is 153 Å². The largest absolute Gasteiger partial charge is 0.698 e. The van der Waals surface area contributed by atoms with Crippen LogP contribution in [0.25, 0.3) is 0 Å². The van der Waals surface area contributed by atoms with E-state index in [1.165, 1.54) is 87.0 Å². The van der Waals surface area contributed by atoms with Crippen LogP contribution in [0.4, 0.5) is 10.5 Å². The van der Waals surface area contributed by atoms with E-state index in [2.05, 4.69) is 38.5 Å². The number of nitrogens with two attached hydrogens (primary N) is 1. The lowest BCUT2D eigenvalue weighted by Crippen LogP contribution is -2.63. The number of nitrogens with zero attached hydrogens (tertiary/aromatic N) is 4. The number of methoxy groups -OCH3 is 1. The number of hydrogen-bond donors (Lipinski definition) is 7. The minimum absolute atomic E-state index is 0.0109. The van der Waals surface area contributed by atoms with Crippen molar-refractivity contribution in [3.8, 4) is 0 Å². The number of ether oxygens (including phenoxy) is 5. The number of imide groups is 1. The summed E-state index contributed by atoms with van der Waals surface area (Å²) in [5.41, 5.74) is 5.92. The van der Waals surface area contributed by atoms with Crippen molar-refractivity contribution in [2.45, 2.75) is 222 Å². The lowest BCUT2D eigenvalue weighted by molar-refractivity contribution is -0.177. The Kier molecular flexibility index (Phi) is 39.4. The Balaban J connectivity index is 1.66. The van der Waals surface area contributed by atoms with Crippen LogP contribution in [0.3, 0.4) is 0 Å². The molecule has 35 nitrogen and oxygen atoms in total. The zero-order chi connectivity index (χ0) is 86.6. The van der Waals surface area contributed by atoms with E-state index in [1.807, 2.05) is 0 Å². The third-order valence-electron chi connectivity index (χ3n) is 19.8. The second-order valence-electron chi connectivity index (χ2n) is 30.2. The Labute approximate surface area is 672 Å². The number of carbonyl (C=O) groups excluding carboxylic acids is 16. The first-order valence-electron chi connectivity index (χ1n) is 38.5. The van der Waals surface area contributed by atoms with E-state index in [-0.39, 0.29) is 95.4 Å². The van der Waals surface area contributed by atoms with Gasteiger partial charge in [-0.1, -0.05) is 118 Å². The van der Waals surface area contributed by atoms with Gasteiger partial charge < -0.3 is 76.0 Å². The quantitative estimate of drug-likeness (QED) is 0.0124. The van der Waals surface area contributed by atoms with Crippen molar-refractivity contribution in [1.82, 2.24) is 46.2 Å². The molecule has 2 aliphatic rings. The normalized spacial score (nSPS) is 21.7. The fourth-order valence-electron chi connectivity index (χ4n) is 12.7. The van der Waals surface area contributed by atoms with Gasteiger partial charge in [0.05, 0.1) is 37.8 Å². The number of likely N-dealkylation sites (N-methyl/N-ethyl adjacent to an activating group) is 3. The number of carbonyl (C=O) groups is 16. The van der Waals surface area contributed by atoms with Crippen LogP contribution in [-0.2, 0) is 122 Å².